The minimum absolute atomic E-state index is 0.0383. The summed E-state index contributed by atoms with van der Waals surface area (Å²) in [7, 11) is 0. The number of hydrogen-bond acceptors (Lipinski definition) is 6. The highest BCUT2D eigenvalue weighted by molar-refractivity contribution is 5.86. The van der Waals surface area contributed by atoms with Crippen molar-refractivity contribution in [3.05, 3.63) is 30.4 Å². The highest BCUT2D eigenvalue weighted by atomic mass is 16.5. The van der Waals surface area contributed by atoms with Crippen LogP contribution in [-0.4, -0.2) is 33.1 Å². The smallest absolute Gasteiger partial charge is 0.246 e. The lowest BCUT2D eigenvalue weighted by atomic mass is 9.99. The van der Waals surface area contributed by atoms with Crippen LogP contribution in [0.15, 0.2) is 29.0 Å². The maximum atomic E-state index is 12.1. The fourth-order valence-corrected chi connectivity index (χ4v) is 2.38. The van der Waals surface area contributed by atoms with Gasteiger partial charge in [-0.15, -0.1) is 0 Å². The maximum absolute atomic E-state index is 12.1. The molecule has 0 aromatic carbocycles. The van der Waals surface area contributed by atoms with Crippen molar-refractivity contribution in [1.82, 2.24) is 25.8 Å². The van der Waals surface area contributed by atoms with Crippen molar-refractivity contribution in [2.45, 2.75) is 31.8 Å². The molecular formula is C14H17N5O2. The first kappa shape index (κ1) is 13.7. The average Bonchev–Trinajstić information content (AvgIpc) is 3.15. The second-order valence-electron chi connectivity index (χ2n) is 5.29. The van der Waals surface area contributed by atoms with Gasteiger partial charge in [0.2, 0.25) is 17.6 Å². The molecule has 1 saturated heterocycles. The third-order valence-electron chi connectivity index (χ3n) is 3.68. The number of hydrogen-bond donors (Lipinski definition) is 2. The van der Waals surface area contributed by atoms with E-state index in [1.807, 2.05) is 6.92 Å². The van der Waals surface area contributed by atoms with Gasteiger partial charge >= 0.3 is 0 Å². The predicted octanol–water partition coefficient (Wildman–Crippen LogP) is 0.890. The molecule has 0 bridgehead atoms. The molecule has 0 spiro atoms. The number of aromatic nitrogens is 3. The summed E-state index contributed by atoms with van der Waals surface area (Å²) < 4.78 is 5.15. The largest absolute Gasteiger partial charge is 0.345 e. The SMILES string of the molecule is C[C@@]1(C(=O)NCc2nc(-c3ccncc3)no2)CCCN1. The zero-order valence-electron chi connectivity index (χ0n) is 11.8. The lowest BCUT2D eigenvalue weighted by Gasteiger charge is -2.22. The zero-order valence-corrected chi connectivity index (χ0v) is 11.8. The maximum Gasteiger partial charge on any atom is 0.246 e. The monoisotopic (exact) mass is 287 g/mol. The van der Waals surface area contributed by atoms with Crippen molar-refractivity contribution in [3.8, 4) is 11.4 Å². The first-order chi connectivity index (χ1) is 10.2. The van der Waals surface area contributed by atoms with Gasteiger partial charge in [0.1, 0.15) is 0 Å². The Balaban J connectivity index is 1.62. The van der Waals surface area contributed by atoms with Crippen molar-refractivity contribution < 1.29 is 9.32 Å². The highest BCUT2D eigenvalue weighted by Gasteiger charge is 2.35. The van der Waals surface area contributed by atoms with Crippen molar-refractivity contribution >= 4 is 5.91 Å². The van der Waals surface area contributed by atoms with Gasteiger partial charge in [0, 0.05) is 18.0 Å². The van der Waals surface area contributed by atoms with Crippen molar-refractivity contribution in [2.75, 3.05) is 6.54 Å². The molecular weight excluding hydrogens is 270 g/mol. The summed E-state index contributed by atoms with van der Waals surface area (Å²) in [5.74, 6) is 0.840. The second kappa shape index (κ2) is 5.61. The molecule has 1 amide bonds. The van der Waals surface area contributed by atoms with Crippen LogP contribution >= 0.6 is 0 Å². The van der Waals surface area contributed by atoms with Crippen LogP contribution in [0.1, 0.15) is 25.7 Å². The van der Waals surface area contributed by atoms with Crippen LogP contribution in [0.2, 0.25) is 0 Å². The van der Waals surface area contributed by atoms with Gasteiger partial charge < -0.3 is 15.2 Å². The van der Waals surface area contributed by atoms with Crippen LogP contribution in [-0.2, 0) is 11.3 Å². The summed E-state index contributed by atoms with van der Waals surface area (Å²) in [6, 6.07) is 3.60. The van der Waals surface area contributed by atoms with E-state index in [4.69, 9.17) is 4.52 Å². The number of pyridine rings is 1. The summed E-state index contributed by atoms with van der Waals surface area (Å²) in [6.07, 6.45) is 5.18. The number of rotatable bonds is 4. The molecule has 21 heavy (non-hydrogen) atoms. The Morgan fingerprint density at radius 1 is 1.48 bits per heavy atom. The van der Waals surface area contributed by atoms with Crippen molar-refractivity contribution in [2.24, 2.45) is 0 Å². The number of nitrogens with one attached hydrogen (secondary N) is 2. The summed E-state index contributed by atoms with van der Waals surface area (Å²) in [4.78, 5) is 20.3. The standard InChI is InChI=1S/C14H17N5O2/c1-14(5-2-6-17-14)13(20)16-9-11-18-12(19-21-11)10-3-7-15-8-4-10/h3-4,7-8,17H,2,5-6,9H2,1H3,(H,16,20)/t14-/m0/s1. The molecule has 0 unspecified atom stereocenters. The summed E-state index contributed by atoms with van der Waals surface area (Å²) in [5.41, 5.74) is 0.337. The van der Waals surface area contributed by atoms with E-state index in [-0.39, 0.29) is 12.5 Å². The Morgan fingerprint density at radius 3 is 3.00 bits per heavy atom. The zero-order chi connectivity index (χ0) is 14.7. The second-order valence-corrected chi connectivity index (χ2v) is 5.29. The quantitative estimate of drug-likeness (QED) is 0.867. The van der Waals surface area contributed by atoms with E-state index in [1.54, 1.807) is 24.5 Å². The summed E-state index contributed by atoms with van der Waals surface area (Å²) in [5, 5.41) is 9.95. The number of nitrogens with zero attached hydrogens (tertiary/aromatic N) is 3. The first-order valence-corrected chi connectivity index (χ1v) is 6.94. The summed E-state index contributed by atoms with van der Waals surface area (Å²) >= 11 is 0. The molecule has 110 valence electrons. The molecule has 1 aliphatic rings. The van der Waals surface area contributed by atoms with E-state index in [2.05, 4.69) is 25.8 Å². The fourth-order valence-electron chi connectivity index (χ4n) is 2.38. The molecule has 7 heteroatoms. The molecule has 3 rings (SSSR count). The molecule has 2 aromatic heterocycles. The third kappa shape index (κ3) is 2.92. The minimum atomic E-state index is -0.492. The van der Waals surface area contributed by atoms with E-state index in [0.717, 1.165) is 24.9 Å². The van der Waals surface area contributed by atoms with Crippen LogP contribution < -0.4 is 10.6 Å². The molecule has 3 heterocycles. The molecule has 0 radical (unpaired) electrons. The Morgan fingerprint density at radius 2 is 2.29 bits per heavy atom. The lowest BCUT2D eigenvalue weighted by molar-refractivity contribution is -0.126. The molecule has 1 aliphatic heterocycles. The number of carbonyl (C=O) groups excluding carboxylic acids is 1. The van der Waals surface area contributed by atoms with Crippen LogP contribution in [0.5, 0.6) is 0 Å². The van der Waals surface area contributed by atoms with Gasteiger partial charge in [-0.1, -0.05) is 5.16 Å². The van der Waals surface area contributed by atoms with E-state index in [1.165, 1.54) is 0 Å². The summed E-state index contributed by atoms with van der Waals surface area (Å²) in [6.45, 7) is 3.01. The molecule has 1 atom stereocenters. The first-order valence-electron chi connectivity index (χ1n) is 6.94. The van der Waals surface area contributed by atoms with Gasteiger partial charge in [-0.25, -0.2) is 0 Å². The van der Waals surface area contributed by atoms with Gasteiger partial charge in [0.05, 0.1) is 12.1 Å². The van der Waals surface area contributed by atoms with Crippen molar-refractivity contribution in [1.29, 1.82) is 0 Å². The minimum Gasteiger partial charge on any atom is -0.345 e. The van der Waals surface area contributed by atoms with Gasteiger partial charge in [0.15, 0.2) is 0 Å². The Hall–Kier alpha value is -2.28. The molecule has 0 aliphatic carbocycles. The topological polar surface area (TPSA) is 92.9 Å². The van der Waals surface area contributed by atoms with Crippen LogP contribution in [0.4, 0.5) is 0 Å². The molecule has 7 nitrogen and oxygen atoms in total. The van der Waals surface area contributed by atoms with Gasteiger partial charge in [0.25, 0.3) is 0 Å². The number of carbonyl (C=O) groups is 1. The van der Waals surface area contributed by atoms with Crippen LogP contribution in [0.3, 0.4) is 0 Å². The normalized spacial score (nSPS) is 21.4. The molecule has 2 aromatic rings. The van der Waals surface area contributed by atoms with E-state index >= 15 is 0 Å². The number of amides is 1. The Bertz CT molecular complexity index is 619. The van der Waals surface area contributed by atoms with Gasteiger partial charge in [-0.3, -0.25) is 9.78 Å². The highest BCUT2D eigenvalue weighted by Crippen LogP contribution is 2.19. The Labute approximate surface area is 122 Å². The van der Waals surface area contributed by atoms with Crippen molar-refractivity contribution in [3.63, 3.8) is 0 Å². The third-order valence-corrected chi connectivity index (χ3v) is 3.68. The van der Waals surface area contributed by atoms with Crippen LogP contribution in [0, 0.1) is 0 Å². The average molecular weight is 287 g/mol. The Kier molecular flexibility index (Phi) is 3.66. The molecule has 2 N–H and O–H groups in total. The fraction of sp³-hybridized carbons (Fsp3) is 0.429. The van der Waals surface area contributed by atoms with E-state index in [0.29, 0.717) is 11.7 Å². The van der Waals surface area contributed by atoms with E-state index in [9.17, 15) is 4.79 Å². The van der Waals surface area contributed by atoms with E-state index < -0.39 is 5.54 Å². The lowest BCUT2D eigenvalue weighted by Crippen LogP contribution is -2.50. The van der Waals surface area contributed by atoms with Gasteiger partial charge in [-0.2, -0.15) is 4.98 Å². The molecule has 1 fully saturated rings. The molecule has 0 saturated carbocycles. The van der Waals surface area contributed by atoms with Gasteiger partial charge in [-0.05, 0) is 38.4 Å². The predicted molar refractivity (Wildman–Crippen MR) is 75.0 cm³/mol. The van der Waals surface area contributed by atoms with Crippen LogP contribution in [0.25, 0.3) is 11.4 Å².